The Labute approximate surface area is 130 Å². The van der Waals surface area contributed by atoms with Crippen LogP contribution in [0.4, 0.5) is 4.39 Å². The van der Waals surface area contributed by atoms with Crippen molar-refractivity contribution < 1.29 is 4.39 Å². The highest BCUT2D eigenvalue weighted by atomic mass is 19.1. The van der Waals surface area contributed by atoms with E-state index in [0.717, 1.165) is 26.2 Å². The second-order valence-electron chi connectivity index (χ2n) is 6.85. The molecular formula is C18H33FN2. The van der Waals surface area contributed by atoms with E-state index >= 15 is 0 Å². The van der Waals surface area contributed by atoms with Gasteiger partial charge in [-0.15, -0.1) is 0 Å². The van der Waals surface area contributed by atoms with Crippen molar-refractivity contribution in [2.75, 3.05) is 26.2 Å². The Bertz CT molecular complexity index is 348. The second-order valence-corrected chi connectivity index (χ2v) is 6.85. The summed E-state index contributed by atoms with van der Waals surface area (Å²) in [5, 5.41) is 3.67. The zero-order valence-electron chi connectivity index (χ0n) is 14.5. The SMILES string of the molecule is CC(C)=CC=C(C)C(NCCN1CCC(F)CC1)C(C)C. The summed E-state index contributed by atoms with van der Waals surface area (Å²) in [7, 11) is 0. The Morgan fingerprint density at radius 2 is 1.81 bits per heavy atom. The van der Waals surface area contributed by atoms with Crippen LogP contribution in [0.25, 0.3) is 0 Å². The maximum Gasteiger partial charge on any atom is 0.103 e. The largest absolute Gasteiger partial charge is 0.309 e. The number of halogens is 1. The molecule has 0 spiro atoms. The molecule has 0 saturated carbocycles. The summed E-state index contributed by atoms with van der Waals surface area (Å²) in [6.07, 6.45) is 5.23. The molecule has 2 nitrogen and oxygen atoms in total. The van der Waals surface area contributed by atoms with E-state index in [1.165, 1.54) is 11.1 Å². The van der Waals surface area contributed by atoms with Crippen molar-refractivity contribution >= 4 is 0 Å². The number of alkyl halides is 1. The van der Waals surface area contributed by atoms with Gasteiger partial charge in [-0.25, -0.2) is 4.39 Å². The summed E-state index contributed by atoms with van der Waals surface area (Å²) < 4.78 is 13.1. The third kappa shape index (κ3) is 7.23. The monoisotopic (exact) mass is 296 g/mol. The highest BCUT2D eigenvalue weighted by Gasteiger charge is 2.19. The number of rotatable bonds is 7. The first-order valence-electron chi connectivity index (χ1n) is 8.31. The molecule has 1 atom stereocenters. The molecule has 1 fully saturated rings. The van der Waals surface area contributed by atoms with Crippen LogP contribution in [0.2, 0.25) is 0 Å². The van der Waals surface area contributed by atoms with E-state index in [1.807, 2.05) is 0 Å². The molecule has 0 bridgehead atoms. The van der Waals surface area contributed by atoms with Crippen molar-refractivity contribution in [3.05, 3.63) is 23.3 Å². The maximum absolute atomic E-state index is 13.1. The average Bonchev–Trinajstić information content (AvgIpc) is 2.42. The molecule has 0 radical (unpaired) electrons. The van der Waals surface area contributed by atoms with Gasteiger partial charge in [0.15, 0.2) is 0 Å². The fraction of sp³-hybridized carbons (Fsp3) is 0.778. The molecule has 1 heterocycles. The first kappa shape index (κ1) is 18.4. The lowest BCUT2D eigenvalue weighted by Crippen LogP contribution is -2.43. The highest BCUT2D eigenvalue weighted by Crippen LogP contribution is 2.14. The van der Waals surface area contributed by atoms with E-state index < -0.39 is 6.17 Å². The predicted octanol–water partition coefficient (Wildman–Crippen LogP) is 3.95. The second kappa shape index (κ2) is 9.37. The number of allylic oxidation sites excluding steroid dienone is 3. The van der Waals surface area contributed by atoms with Crippen LogP contribution in [-0.4, -0.2) is 43.3 Å². The predicted molar refractivity (Wildman–Crippen MR) is 90.4 cm³/mol. The van der Waals surface area contributed by atoms with Gasteiger partial charge in [0.1, 0.15) is 6.17 Å². The number of hydrogen-bond acceptors (Lipinski definition) is 2. The van der Waals surface area contributed by atoms with Gasteiger partial charge in [-0.05, 0) is 39.5 Å². The van der Waals surface area contributed by atoms with Crippen LogP contribution in [0.3, 0.4) is 0 Å². The van der Waals surface area contributed by atoms with Crippen molar-refractivity contribution in [3.8, 4) is 0 Å². The van der Waals surface area contributed by atoms with E-state index in [9.17, 15) is 4.39 Å². The maximum atomic E-state index is 13.1. The lowest BCUT2D eigenvalue weighted by atomic mass is 9.96. The molecular weight excluding hydrogens is 263 g/mol. The molecule has 0 aliphatic carbocycles. The molecule has 0 aromatic carbocycles. The molecule has 0 aromatic rings. The topological polar surface area (TPSA) is 15.3 Å². The molecule has 0 amide bonds. The number of likely N-dealkylation sites (tertiary alicyclic amines) is 1. The molecule has 21 heavy (non-hydrogen) atoms. The molecule has 1 unspecified atom stereocenters. The van der Waals surface area contributed by atoms with E-state index in [4.69, 9.17) is 0 Å². The van der Waals surface area contributed by atoms with Gasteiger partial charge in [0, 0.05) is 32.2 Å². The number of nitrogens with one attached hydrogen (secondary N) is 1. The lowest BCUT2D eigenvalue weighted by Gasteiger charge is -2.30. The summed E-state index contributed by atoms with van der Waals surface area (Å²) in [4.78, 5) is 2.37. The Hall–Kier alpha value is -0.670. The van der Waals surface area contributed by atoms with Gasteiger partial charge in [0.25, 0.3) is 0 Å². The van der Waals surface area contributed by atoms with Crippen molar-refractivity contribution in [1.82, 2.24) is 10.2 Å². The van der Waals surface area contributed by atoms with Crippen LogP contribution in [0.5, 0.6) is 0 Å². The Balaban J connectivity index is 2.41. The van der Waals surface area contributed by atoms with Crippen LogP contribution in [0, 0.1) is 5.92 Å². The Kier molecular flexibility index (Phi) is 8.20. The molecule has 0 aromatic heterocycles. The summed E-state index contributed by atoms with van der Waals surface area (Å²) in [5.41, 5.74) is 2.71. The van der Waals surface area contributed by atoms with Crippen molar-refractivity contribution in [3.63, 3.8) is 0 Å². The minimum Gasteiger partial charge on any atom is -0.309 e. The first-order valence-corrected chi connectivity index (χ1v) is 8.31. The minimum absolute atomic E-state index is 0.416. The van der Waals surface area contributed by atoms with Crippen LogP contribution >= 0.6 is 0 Å². The van der Waals surface area contributed by atoms with E-state index in [1.54, 1.807) is 0 Å². The quantitative estimate of drug-likeness (QED) is 0.716. The average molecular weight is 296 g/mol. The molecule has 1 aliphatic rings. The van der Waals surface area contributed by atoms with Gasteiger partial charge < -0.3 is 10.2 Å². The minimum atomic E-state index is -0.577. The number of piperidine rings is 1. The highest BCUT2D eigenvalue weighted by molar-refractivity contribution is 5.19. The van der Waals surface area contributed by atoms with Gasteiger partial charge in [0.2, 0.25) is 0 Å². The Morgan fingerprint density at radius 3 is 2.33 bits per heavy atom. The van der Waals surface area contributed by atoms with Crippen LogP contribution in [0.15, 0.2) is 23.3 Å². The van der Waals surface area contributed by atoms with Gasteiger partial charge in [-0.2, -0.15) is 0 Å². The fourth-order valence-electron chi connectivity index (χ4n) is 2.83. The first-order chi connectivity index (χ1) is 9.90. The van der Waals surface area contributed by atoms with Crippen LogP contribution < -0.4 is 5.32 Å². The summed E-state index contributed by atoms with van der Waals surface area (Å²) in [6.45, 7) is 14.8. The third-order valence-electron chi connectivity index (χ3n) is 4.15. The fourth-order valence-corrected chi connectivity index (χ4v) is 2.83. The number of nitrogens with zero attached hydrogens (tertiary/aromatic N) is 1. The normalized spacial score (nSPS) is 19.9. The van der Waals surface area contributed by atoms with Crippen molar-refractivity contribution in [1.29, 1.82) is 0 Å². The van der Waals surface area contributed by atoms with Crippen molar-refractivity contribution in [2.45, 2.75) is 59.7 Å². The molecule has 1 rings (SSSR count). The third-order valence-corrected chi connectivity index (χ3v) is 4.15. The molecule has 1 N–H and O–H groups in total. The van der Waals surface area contributed by atoms with Gasteiger partial charge in [-0.1, -0.05) is 37.1 Å². The van der Waals surface area contributed by atoms with Gasteiger partial charge in [-0.3, -0.25) is 0 Å². The van der Waals surface area contributed by atoms with E-state index in [2.05, 4.69) is 57.0 Å². The van der Waals surface area contributed by atoms with E-state index in [0.29, 0.717) is 24.8 Å². The summed E-state index contributed by atoms with van der Waals surface area (Å²) in [5.74, 6) is 0.573. The lowest BCUT2D eigenvalue weighted by molar-refractivity contribution is 0.150. The van der Waals surface area contributed by atoms with Gasteiger partial charge in [0.05, 0.1) is 0 Å². The zero-order valence-corrected chi connectivity index (χ0v) is 14.5. The standard InChI is InChI=1S/C18H33FN2/c1-14(2)6-7-16(5)18(15(3)4)20-10-13-21-11-8-17(19)9-12-21/h6-7,15,17-18,20H,8-13H2,1-5H3. The van der Waals surface area contributed by atoms with Gasteiger partial charge >= 0.3 is 0 Å². The molecule has 1 saturated heterocycles. The van der Waals surface area contributed by atoms with Crippen molar-refractivity contribution in [2.24, 2.45) is 5.92 Å². The summed E-state index contributed by atoms with van der Waals surface area (Å²) in [6, 6.07) is 0.416. The van der Waals surface area contributed by atoms with Crippen LogP contribution in [-0.2, 0) is 0 Å². The van der Waals surface area contributed by atoms with E-state index in [-0.39, 0.29) is 0 Å². The molecule has 3 heteroatoms. The summed E-state index contributed by atoms with van der Waals surface area (Å²) >= 11 is 0. The zero-order chi connectivity index (χ0) is 15.8. The van der Waals surface area contributed by atoms with Crippen LogP contribution in [0.1, 0.15) is 47.5 Å². The Morgan fingerprint density at radius 1 is 1.19 bits per heavy atom. The number of hydrogen-bond donors (Lipinski definition) is 1. The molecule has 122 valence electrons. The molecule has 1 aliphatic heterocycles. The smallest absolute Gasteiger partial charge is 0.103 e.